The van der Waals surface area contributed by atoms with Crippen LogP contribution in [0.25, 0.3) is 11.1 Å². The van der Waals surface area contributed by atoms with E-state index < -0.39 is 11.2 Å². The topological polar surface area (TPSA) is 47.9 Å². The van der Waals surface area contributed by atoms with Crippen molar-refractivity contribution in [2.24, 2.45) is 0 Å². The summed E-state index contributed by atoms with van der Waals surface area (Å²) in [5.41, 5.74) is 4.84. The zero-order valence-corrected chi connectivity index (χ0v) is 21.9. The standard InChI is InChI=1S/C27H38B2O4/c1-23(2)21-15-17(28-31-25(5,6)24(3,4)30)11-13-19(21)20-14-12-18(16-22(20)23)29-32-26(7,8)27(9,10)33-29/h11-16,28,30H,1-10H3. The van der Waals surface area contributed by atoms with Gasteiger partial charge in [-0.2, -0.15) is 0 Å². The highest BCUT2D eigenvalue weighted by molar-refractivity contribution is 6.62. The zero-order chi connectivity index (χ0) is 24.6. The highest BCUT2D eigenvalue weighted by atomic mass is 16.7. The van der Waals surface area contributed by atoms with E-state index in [0.717, 1.165) is 10.9 Å². The van der Waals surface area contributed by atoms with Crippen LogP contribution in [-0.2, 0) is 19.4 Å². The van der Waals surface area contributed by atoms with Gasteiger partial charge < -0.3 is 19.1 Å². The fourth-order valence-corrected chi connectivity index (χ4v) is 4.46. The van der Waals surface area contributed by atoms with E-state index in [9.17, 15) is 5.11 Å². The van der Waals surface area contributed by atoms with Gasteiger partial charge in [0, 0.05) is 5.41 Å². The maximum Gasteiger partial charge on any atom is 0.494 e. The summed E-state index contributed by atoms with van der Waals surface area (Å²) in [6.07, 6.45) is 0. The molecule has 2 aromatic carbocycles. The average molecular weight is 448 g/mol. The van der Waals surface area contributed by atoms with Crippen molar-refractivity contribution in [3.8, 4) is 11.1 Å². The van der Waals surface area contributed by atoms with Gasteiger partial charge in [-0.05, 0) is 83.1 Å². The molecule has 1 heterocycles. The molecule has 1 fully saturated rings. The van der Waals surface area contributed by atoms with Gasteiger partial charge in [-0.1, -0.05) is 55.7 Å². The van der Waals surface area contributed by atoms with Crippen LogP contribution < -0.4 is 10.9 Å². The fourth-order valence-electron chi connectivity index (χ4n) is 4.46. The molecule has 0 aromatic heterocycles. The molecule has 2 aromatic rings. The fraction of sp³-hybridized carbons (Fsp3) is 0.556. The Labute approximate surface area is 200 Å². The average Bonchev–Trinajstić information content (AvgIpc) is 3.05. The molecule has 0 bridgehead atoms. The van der Waals surface area contributed by atoms with Crippen LogP contribution >= 0.6 is 0 Å². The third kappa shape index (κ3) is 3.99. The van der Waals surface area contributed by atoms with Gasteiger partial charge in [-0.3, -0.25) is 0 Å². The van der Waals surface area contributed by atoms with Gasteiger partial charge in [-0.15, -0.1) is 0 Å². The number of rotatable bonds is 5. The van der Waals surface area contributed by atoms with Crippen LogP contribution in [0, 0.1) is 0 Å². The first-order chi connectivity index (χ1) is 15.0. The second kappa shape index (κ2) is 7.45. The molecule has 0 saturated carbocycles. The predicted molar refractivity (Wildman–Crippen MR) is 138 cm³/mol. The molecule has 1 N–H and O–H groups in total. The van der Waals surface area contributed by atoms with Crippen LogP contribution in [0.4, 0.5) is 0 Å². The Hall–Kier alpha value is -1.59. The van der Waals surface area contributed by atoms with Gasteiger partial charge >= 0.3 is 14.6 Å². The third-order valence-corrected chi connectivity index (χ3v) is 8.36. The Kier molecular flexibility index (Phi) is 5.54. The van der Waals surface area contributed by atoms with Crippen LogP contribution in [0.15, 0.2) is 36.4 Å². The minimum Gasteiger partial charge on any atom is -0.427 e. The third-order valence-electron chi connectivity index (χ3n) is 8.36. The molecule has 0 radical (unpaired) electrons. The van der Waals surface area contributed by atoms with Crippen molar-refractivity contribution < 1.29 is 19.1 Å². The summed E-state index contributed by atoms with van der Waals surface area (Å²) in [6.45, 7) is 20.3. The van der Waals surface area contributed by atoms with Crippen LogP contribution in [0.1, 0.15) is 80.4 Å². The first kappa shape index (κ1) is 24.5. The molecule has 0 atom stereocenters. The minimum atomic E-state index is -0.927. The van der Waals surface area contributed by atoms with E-state index in [-0.39, 0.29) is 23.7 Å². The summed E-state index contributed by atoms with van der Waals surface area (Å²) in [5, 5.41) is 10.4. The molecule has 0 spiro atoms. The number of hydrogen-bond acceptors (Lipinski definition) is 4. The summed E-state index contributed by atoms with van der Waals surface area (Å²) in [6, 6.07) is 13.2. The van der Waals surface area contributed by atoms with Gasteiger partial charge in [0.2, 0.25) is 0 Å². The predicted octanol–water partition coefficient (Wildman–Crippen LogP) is 3.84. The molecule has 1 aliphatic heterocycles. The molecule has 33 heavy (non-hydrogen) atoms. The molecule has 2 aliphatic rings. The van der Waals surface area contributed by atoms with E-state index in [1.807, 2.05) is 13.8 Å². The molecule has 6 heteroatoms. The van der Waals surface area contributed by atoms with E-state index in [4.69, 9.17) is 14.0 Å². The van der Waals surface area contributed by atoms with Crippen molar-refractivity contribution in [2.75, 3.05) is 0 Å². The van der Waals surface area contributed by atoms with Crippen molar-refractivity contribution in [3.63, 3.8) is 0 Å². The normalized spacial score (nSPS) is 20.5. The summed E-state index contributed by atoms with van der Waals surface area (Å²) >= 11 is 0. The number of hydrogen-bond donors (Lipinski definition) is 1. The summed E-state index contributed by atoms with van der Waals surface area (Å²) < 4.78 is 18.7. The second-order valence-corrected chi connectivity index (χ2v) is 12.3. The smallest absolute Gasteiger partial charge is 0.427 e. The number of fused-ring (bicyclic) bond motifs is 3. The molecular formula is C27H38B2O4. The Balaban J connectivity index is 1.63. The van der Waals surface area contributed by atoms with Gasteiger partial charge in [0.25, 0.3) is 0 Å². The molecule has 1 saturated heterocycles. The van der Waals surface area contributed by atoms with E-state index >= 15 is 0 Å². The Morgan fingerprint density at radius 3 is 1.88 bits per heavy atom. The summed E-state index contributed by atoms with van der Waals surface area (Å²) in [7, 11) is 0.0865. The lowest BCUT2D eigenvalue weighted by atomic mass is 9.74. The maximum atomic E-state index is 10.4. The minimum absolute atomic E-state index is 0.147. The van der Waals surface area contributed by atoms with Crippen LogP contribution in [0.5, 0.6) is 0 Å². The van der Waals surface area contributed by atoms with Crippen molar-refractivity contribution in [1.82, 2.24) is 0 Å². The van der Waals surface area contributed by atoms with Crippen LogP contribution in [-0.4, -0.2) is 42.1 Å². The molecule has 0 amide bonds. The van der Waals surface area contributed by atoms with Gasteiger partial charge in [0.05, 0.1) is 22.4 Å². The highest BCUT2D eigenvalue weighted by Gasteiger charge is 2.52. The van der Waals surface area contributed by atoms with Gasteiger partial charge in [-0.25, -0.2) is 0 Å². The van der Waals surface area contributed by atoms with E-state index in [0.29, 0.717) is 7.48 Å². The first-order valence-electron chi connectivity index (χ1n) is 12.0. The van der Waals surface area contributed by atoms with Crippen molar-refractivity contribution in [3.05, 3.63) is 47.5 Å². The lowest BCUT2D eigenvalue weighted by molar-refractivity contribution is -0.0893. The largest absolute Gasteiger partial charge is 0.494 e. The van der Waals surface area contributed by atoms with Crippen LogP contribution in [0.3, 0.4) is 0 Å². The lowest BCUT2D eigenvalue weighted by Crippen LogP contribution is -2.49. The van der Waals surface area contributed by atoms with Gasteiger partial charge in [0.1, 0.15) is 0 Å². The molecular weight excluding hydrogens is 410 g/mol. The Morgan fingerprint density at radius 1 is 0.818 bits per heavy atom. The maximum absolute atomic E-state index is 10.4. The first-order valence-corrected chi connectivity index (χ1v) is 12.0. The SMILES string of the molecule is CC1(C)c2cc(BOC(C)(C)C(C)(C)O)ccc2-c2ccc(B3OC(C)(C)C(C)(C)O3)cc21. The molecule has 4 rings (SSSR count). The highest BCUT2D eigenvalue weighted by Crippen LogP contribution is 2.48. The molecule has 0 unspecified atom stereocenters. The molecule has 4 nitrogen and oxygen atoms in total. The van der Waals surface area contributed by atoms with Crippen molar-refractivity contribution in [1.29, 1.82) is 0 Å². The van der Waals surface area contributed by atoms with E-state index in [2.05, 4.69) is 77.9 Å². The second-order valence-electron chi connectivity index (χ2n) is 12.3. The van der Waals surface area contributed by atoms with Crippen molar-refractivity contribution in [2.45, 2.75) is 97.1 Å². The Bertz CT molecular complexity index is 1060. The molecule has 1 aliphatic carbocycles. The summed E-state index contributed by atoms with van der Waals surface area (Å²) in [4.78, 5) is 0. The van der Waals surface area contributed by atoms with E-state index in [1.54, 1.807) is 13.8 Å². The van der Waals surface area contributed by atoms with Crippen molar-refractivity contribution >= 4 is 25.5 Å². The Morgan fingerprint density at radius 2 is 1.33 bits per heavy atom. The van der Waals surface area contributed by atoms with E-state index in [1.165, 1.54) is 22.3 Å². The van der Waals surface area contributed by atoms with Gasteiger partial charge in [0.15, 0.2) is 0 Å². The quantitative estimate of drug-likeness (QED) is 0.707. The monoisotopic (exact) mass is 448 g/mol. The zero-order valence-electron chi connectivity index (χ0n) is 21.9. The number of benzene rings is 2. The molecule has 176 valence electrons. The summed E-state index contributed by atoms with van der Waals surface area (Å²) in [5.74, 6) is 0. The van der Waals surface area contributed by atoms with Crippen LogP contribution in [0.2, 0.25) is 0 Å². The lowest BCUT2D eigenvalue weighted by Gasteiger charge is -2.37. The number of aliphatic hydroxyl groups is 1.